The lowest BCUT2D eigenvalue weighted by Gasteiger charge is -2.36. The molecule has 2 fully saturated rings. The molecule has 17 heavy (non-hydrogen) atoms. The molecule has 2 heteroatoms. The van der Waals surface area contributed by atoms with Crippen LogP contribution in [0.15, 0.2) is 0 Å². The molecular formula is C15H32O2. The third-order valence-corrected chi connectivity index (χ3v) is 4.77. The lowest BCUT2D eigenvalue weighted by molar-refractivity contribution is -0.327. The van der Waals surface area contributed by atoms with Crippen LogP contribution < -0.4 is 0 Å². The lowest BCUT2D eigenvalue weighted by Crippen LogP contribution is -2.28. The summed E-state index contributed by atoms with van der Waals surface area (Å²) in [5.41, 5.74) is 0. The van der Waals surface area contributed by atoms with Gasteiger partial charge in [-0.3, -0.25) is 0 Å². The van der Waals surface area contributed by atoms with Crippen LogP contribution in [0.3, 0.4) is 0 Å². The number of rotatable bonds is 4. The number of hydrogen-bond acceptors (Lipinski definition) is 2. The van der Waals surface area contributed by atoms with E-state index in [1.165, 1.54) is 51.4 Å². The molecule has 2 nitrogen and oxygen atoms in total. The van der Waals surface area contributed by atoms with E-state index in [1.807, 2.05) is 6.92 Å². The quantitative estimate of drug-likeness (QED) is 0.521. The van der Waals surface area contributed by atoms with Gasteiger partial charge in [0, 0.05) is 2.85 Å². The van der Waals surface area contributed by atoms with E-state index >= 15 is 0 Å². The molecule has 0 aromatic rings. The van der Waals surface area contributed by atoms with Gasteiger partial charge in [-0.25, -0.2) is 9.78 Å². The van der Waals surface area contributed by atoms with Crippen LogP contribution >= 0.6 is 0 Å². The van der Waals surface area contributed by atoms with Crippen molar-refractivity contribution in [1.82, 2.24) is 0 Å². The molecule has 0 saturated heterocycles. The molecule has 0 radical (unpaired) electrons. The minimum atomic E-state index is 0. The molecule has 0 unspecified atom stereocenters. The maximum atomic E-state index is 5.38. The van der Waals surface area contributed by atoms with Crippen LogP contribution in [0.2, 0.25) is 0 Å². The molecule has 0 aromatic heterocycles. The smallest absolute Gasteiger partial charge is 0.0930 e. The first-order valence-electron chi connectivity index (χ1n) is 7.57. The van der Waals surface area contributed by atoms with E-state index in [0.717, 1.165) is 17.8 Å². The summed E-state index contributed by atoms with van der Waals surface area (Å²) in [6, 6.07) is 0. The van der Waals surface area contributed by atoms with Crippen molar-refractivity contribution >= 4 is 0 Å². The molecular weight excluding hydrogens is 212 g/mol. The normalized spacial score (nSPS) is 39.2. The summed E-state index contributed by atoms with van der Waals surface area (Å²) in [4.78, 5) is 10.5. The van der Waals surface area contributed by atoms with Gasteiger partial charge in [-0.15, -0.1) is 0 Å². The lowest BCUT2D eigenvalue weighted by atomic mass is 9.71. The molecule has 104 valence electrons. The second-order valence-electron chi connectivity index (χ2n) is 6.06. The van der Waals surface area contributed by atoms with Crippen LogP contribution in [0.25, 0.3) is 0 Å². The van der Waals surface area contributed by atoms with E-state index in [-0.39, 0.29) is 2.85 Å². The summed E-state index contributed by atoms with van der Waals surface area (Å²) in [5.74, 6) is 2.96. The Kier molecular flexibility index (Phi) is 5.30. The van der Waals surface area contributed by atoms with Crippen LogP contribution in [0.1, 0.15) is 68.1 Å². The third-order valence-electron chi connectivity index (χ3n) is 4.77. The Labute approximate surface area is 109 Å². The van der Waals surface area contributed by atoms with Gasteiger partial charge in [0.25, 0.3) is 0 Å². The first-order chi connectivity index (χ1) is 8.29. The average molecular weight is 244 g/mol. The van der Waals surface area contributed by atoms with Gasteiger partial charge in [-0.05, 0) is 63.2 Å². The maximum absolute atomic E-state index is 5.38. The Morgan fingerprint density at radius 3 is 1.94 bits per heavy atom. The van der Waals surface area contributed by atoms with E-state index in [4.69, 9.17) is 9.78 Å². The van der Waals surface area contributed by atoms with E-state index in [2.05, 4.69) is 6.92 Å². The molecule has 2 aliphatic carbocycles. The van der Waals surface area contributed by atoms with Gasteiger partial charge in [0.2, 0.25) is 0 Å². The summed E-state index contributed by atoms with van der Waals surface area (Å²) in [7, 11) is 0. The fourth-order valence-corrected chi connectivity index (χ4v) is 3.58. The van der Waals surface area contributed by atoms with Gasteiger partial charge in [0.05, 0.1) is 12.7 Å². The summed E-state index contributed by atoms with van der Waals surface area (Å²) in [5, 5.41) is 0. The van der Waals surface area contributed by atoms with E-state index in [9.17, 15) is 0 Å². The van der Waals surface area contributed by atoms with Crippen molar-refractivity contribution in [2.45, 2.75) is 71.3 Å². The van der Waals surface area contributed by atoms with E-state index in [0.29, 0.717) is 12.7 Å². The fraction of sp³-hybridized carbons (Fsp3) is 1.00. The molecule has 0 N–H and O–H groups in total. The zero-order valence-corrected chi connectivity index (χ0v) is 11.5. The first-order valence-corrected chi connectivity index (χ1v) is 7.57. The van der Waals surface area contributed by atoms with Crippen LogP contribution in [-0.2, 0) is 9.78 Å². The van der Waals surface area contributed by atoms with Gasteiger partial charge in [-0.1, -0.05) is 19.8 Å². The van der Waals surface area contributed by atoms with Crippen LogP contribution in [0, 0.1) is 17.8 Å². The molecule has 2 saturated carbocycles. The predicted molar refractivity (Wildman–Crippen MR) is 73.8 cm³/mol. The standard InChI is InChI=1S/C15H28O2.2H2/c1-3-16-17-15-10-8-14(9-11-15)13-6-4-12(2)5-7-13;;/h12-15H,3-11H2,1-2H3;2*1H. The average Bonchev–Trinajstić information content (AvgIpc) is 2.38. The zero-order chi connectivity index (χ0) is 12.1. The number of hydrogen-bond donors (Lipinski definition) is 0. The van der Waals surface area contributed by atoms with Crippen LogP contribution in [0.4, 0.5) is 0 Å². The van der Waals surface area contributed by atoms with Crippen molar-refractivity contribution in [3.05, 3.63) is 0 Å². The Hall–Kier alpha value is -0.0800. The Balaban J connectivity index is 0.00000162. The zero-order valence-electron chi connectivity index (χ0n) is 11.5. The van der Waals surface area contributed by atoms with E-state index in [1.54, 1.807) is 0 Å². The minimum absolute atomic E-state index is 0. The van der Waals surface area contributed by atoms with Crippen molar-refractivity contribution in [3.8, 4) is 0 Å². The summed E-state index contributed by atoms with van der Waals surface area (Å²) in [6.45, 7) is 5.05. The molecule has 0 bridgehead atoms. The van der Waals surface area contributed by atoms with E-state index < -0.39 is 0 Å². The predicted octanol–water partition coefficient (Wildman–Crippen LogP) is 4.83. The summed E-state index contributed by atoms with van der Waals surface area (Å²) >= 11 is 0. The summed E-state index contributed by atoms with van der Waals surface area (Å²) < 4.78 is 0. The van der Waals surface area contributed by atoms with Crippen molar-refractivity contribution in [2.24, 2.45) is 17.8 Å². The molecule has 0 aliphatic heterocycles. The highest BCUT2D eigenvalue weighted by atomic mass is 17.2. The van der Waals surface area contributed by atoms with Crippen molar-refractivity contribution in [1.29, 1.82) is 0 Å². The summed E-state index contributed by atoms with van der Waals surface area (Å²) in [6.07, 6.45) is 11.4. The van der Waals surface area contributed by atoms with Gasteiger partial charge in [-0.2, -0.15) is 0 Å². The van der Waals surface area contributed by atoms with Gasteiger partial charge in [0.15, 0.2) is 0 Å². The molecule has 2 rings (SSSR count). The molecule has 0 heterocycles. The second-order valence-corrected chi connectivity index (χ2v) is 6.06. The highest BCUT2D eigenvalue weighted by Crippen LogP contribution is 2.40. The fourth-order valence-electron chi connectivity index (χ4n) is 3.58. The van der Waals surface area contributed by atoms with Gasteiger partial charge in [0.1, 0.15) is 0 Å². The minimum Gasteiger partial charge on any atom is -0.237 e. The molecule has 2 aliphatic rings. The van der Waals surface area contributed by atoms with Crippen LogP contribution in [0.5, 0.6) is 0 Å². The molecule has 0 aromatic carbocycles. The Morgan fingerprint density at radius 2 is 1.41 bits per heavy atom. The highest BCUT2D eigenvalue weighted by molar-refractivity contribution is 4.81. The van der Waals surface area contributed by atoms with Crippen LogP contribution in [-0.4, -0.2) is 12.7 Å². The highest BCUT2D eigenvalue weighted by Gasteiger charge is 2.30. The maximum Gasteiger partial charge on any atom is 0.0930 e. The molecule has 0 amide bonds. The molecule has 0 atom stereocenters. The Bertz CT molecular complexity index is 210. The first kappa shape index (κ1) is 13.4. The third kappa shape index (κ3) is 3.96. The topological polar surface area (TPSA) is 18.5 Å². The monoisotopic (exact) mass is 244 g/mol. The molecule has 0 spiro atoms. The Morgan fingerprint density at radius 1 is 0.882 bits per heavy atom. The second kappa shape index (κ2) is 6.75. The van der Waals surface area contributed by atoms with Gasteiger partial charge < -0.3 is 0 Å². The van der Waals surface area contributed by atoms with Crippen molar-refractivity contribution < 1.29 is 12.6 Å². The SMILES string of the molecule is CCOOC1CCC(C2CCC(C)CC2)CC1.[HH].[HH]. The largest absolute Gasteiger partial charge is 0.237 e. The van der Waals surface area contributed by atoms with Gasteiger partial charge >= 0.3 is 0 Å². The van der Waals surface area contributed by atoms with Crippen molar-refractivity contribution in [2.75, 3.05) is 6.61 Å². The van der Waals surface area contributed by atoms with Crippen molar-refractivity contribution in [3.63, 3.8) is 0 Å².